The summed E-state index contributed by atoms with van der Waals surface area (Å²) in [6.07, 6.45) is 3.44. The molecule has 0 aromatic carbocycles. The average molecular weight is 221 g/mol. The number of amides is 1. The molecule has 0 bridgehead atoms. The fourth-order valence-electron chi connectivity index (χ4n) is 1.19. The van der Waals surface area contributed by atoms with E-state index in [1.165, 1.54) is 6.08 Å². The number of carbonyl (C=O) groups is 1. The number of rotatable bonds is 6. The van der Waals surface area contributed by atoms with Crippen molar-refractivity contribution in [2.24, 2.45) is 0 Å². The zero-order valence-electron chi connectivity index (χ0n) is 9.17. The summed E-state index contributed by atoms with van der Waals surface area (Å²) < 4.78 is 0. The molecule has 0 aromatic heterocycles. The van der Waals surface area contributed by atoms with Gasteiger partial charge in [0, 0.05) is 6.04 Å². The Morgan fingerprint density at radius 1 is 1.43 bits per heavy atom. The first-order chi connectivity index (χ1) is 6.13. The minimum Gasteiger partial charge on any atom is -0.338 e. The van der Waals surface area contributed by atoms with Crippen molar-refractivity contribution in [2.45, 2.75) is 45.8 Å². The molecule has 0 rings (SSSR count). The Bertz CT molecular complexity index is 170. The lowest BCUT2D eigenvalue weighted by Crippen LogP contribution is -2.46. The van der Waals surface area contributed by atoms with Crippen molar-refractivity contribution in [3.05, 3.63) is 12.7 Å². The molecule has 1 unspecified atom stereocenters. The minimum absolute atomic E-state index is 0. The van der Waals surface area contributed by atoms with Gasteiger partial charge in [0.05, 0.1) is 6.17 Å². The molecule has 1 amide bonds. The van der Waals surface area contributed by atoms with Crippen LogP contribution in [-0.2, 0) is 4.79 Å². The van der Waals surface area contributed by atoms with Gasteiger partial charge in [-0.1, -0.05) is 20.4 Å². The summed E-state index contributed by atoms with van der Waals surface area (Å²) in [4.78, 5) is 10.9. The van der Waals surface area contributed by atoms with Crippen LogP contribution in [0.15, 0.2) is 12.7 Å². The van der Waals surface area contributed by atoms with Gasteiger partial charge in [0.1, 0.15) is 0 Å². The van der Waals surface area contributed by atoms with Gasteiger partial charge >= 0.3 is 0 Å². The molecule has 0 aliphatic carbocycles. The molecule has 0 aromatic rings. The SMILES string of the molecule is C=CC(=O)NC(C)NC(CC)CC.Cl. The van der Waals surface area contributed by atoms with Crippen molar-refractivity contribution in [2.75, 3.05) is 0 Å². The van der Waals surface area contributed by atoms with Crippen LogP contribution < -0.4 is 10.6 Å². The van der Waals surface area contributed by atoms with Crippen molar-refractivity contribution < 1.29 is 4.79 Å². The molecular formula is C10H21ClN2O. The summed E-state index contributed by atoms with van der Waals surface area (Å²) in [5.41, 5.74) is 0. The molecule has 4 heteroatoms. The van der Waals surface area contributed by atoms with E-state index in [0.29, 0.717) is 6.04 Å². The number of carbonyl (C=O) groups excluding carboxylic acids is 1. The third kappa shape index (κ3) is 6.92. The second-order valence-electron chi connectivity index (χ2n) is 3.11. The molecule has 2 N–H and O–H groups in total. The van der Waals surface area contributed by atoms with Crippen molar-refractivity contribution >= 4 is 18.3 Å². The van der Waals surface area contributed by atoms with E-state index in [0.717, 1.165) is 12.8 Å². The van der Waals surface area contributed by atoms with Crippen LogP contribution in [0.5, 0.6) is 0 Å². The molecule has 0 spiro atoms. The monoisotopic (exact) mass is 220 g/mol. The quantitative estimate of drug-likeness (QED) is 0.530. The highest BCUT2D eigenvalue weighted by atomic mass is 35.5. The van der Waals surface area contributed by atoms with Crippen LogP contribution in [-0.4, -0.2) is 18.1 Å². The number of hydrogen-bond donors (Lipinski definition) is 2. The first-order valence-electron chi connectivity index (χ1n) is 4.83. The van der Waals surface area contributed by atoms with Crippen LogP contribution in [0.2, 0.25) is 0 Å². The van der Waals surface area contributed by atoms with Crippen molar-refractivity contribution in [1.29, 1.82) is 0 Å². The highest BCUT2D eigenvalue weighted by Crippen LogP contribution is 1.96. The Morgan fingerprint density at radius 3 is 2.29 bits per heavy atom. The summed E-state index contributed by atoms with van der Waals surface area (Å²) in [5, 5.41) is 6.06. The summed E-state index contributed by atoms with van der Waals surface area (Å²) in [7, 11) is 0. The lowest BCUT2D eigenvalue weighted by Gasteiger charge is -2.21. The number of hydrogen-bond acceptors (Lipinski definition) is 2. The van der Waals surface area contributed by atoms with Crippen molar-refractivity contribution in [3.63, 3.8) is 0 Å². The Morgan fingerprint density at radius 2 is 1.93 bits per heavy atom. The van der Waals surface area contributed by atoms with Crippen LogP contribution >= 0.6 is 12.4 Å². The Labute approximate surface area is 92.7 Å². The van der Waals surface area contributed by atoms with Crippen LogP contribution in [0.25, 0.3) is 0 Å². The van der Waals surface area contributed by atoms with Crippen LogP contribution in [0.3, 0.4) is 0 Å². The predicted molar refractivity (Wildman–Crippen MR) is 62.6 cm³/mol. The van der Waals surface area contributed by atoms with Gasteiger partial charge in [-0.25, -0.2) is 0 Å². The van der Waals surface area contributed by atoms with Gasteiger partial charge in [0.2, 0.25) is 5.91 Å². The average Bonchev–Trinajstić information content (AvgIpc) is 2.13. The first kappa shape index (κ1) is 15.9. The Balaban J connectivity index is 0. The standard InChI is InChI=1S/C10H20N2O.ClH/c1-5-9(6-2)11-8(4)12-10(13)7-3;/h7-9,11H,3,5-6H2,1-2,4H3,(H,12,13);1H. The highest BCUT2D eigenvalue weighted by Gasteiger charge is 2.08. The second-order valence-corrected chi connectivity index (χ2v) is 3.11. The Kier molecular flexibility index (Phi) is 10.3. The van der Waals surface area contributed by atoms with Gasteiger partial charge in [-0.05, 0) is 25.8 Å². The summed E-state index contributed by atoms with van der Waals surface area (Å²) in [6.45, 7) is 9.58. The van der Waals surface area contributed by atoms with Crippen LogP contribution in [0, 0.1) is 0 Å². The molecule has 14 heavy (non-hydrogen) atoms. The van der Waals surface area contributed by atoms with E-state index in [1.54, 1.807) is 0 Å². The van der Waals surface area contributed by atoms with E-state index >= 15 is 0 Å². The zero-order valence-corrected chi connectivity index (χ0v) is 9.99. The molecule has 0 saturated heterocycles. The molecule has 0 aliphatic rings. The van der Waals surface area contributed by atoms with Gasteiger partial charge in [0.15, 0.2) is 0 Å². The molecule has 1 atom stereocenters. The summed E-state index contributed by atoms with van der Waals surface area (Å²) >= 11 is 0. The maximum Gasteiger partial charge on any atom is 0.244 e. The molecule has 0 heterocycles. The van der Waals surface area contributed by atoms with E-state index in [2.05, 4.69) is 31.1 Å². The third-order valence-corrected chi connectivity index (χ3v) is 2.02. The summed E-state index contributed by atoms with van der Waals surface area (Å²) in [5.74, 6) is -0.133. The smallest absolute Gasteiger partial charge is 0.244 e. The zero-order chi connectivity index (χ0) is 10.3. The molecule has 3 nitrogen and oxygen atoms in total. The Hall–Kier alpha value is -0.540. The predicted octanol–water partition coefficient (Wildman–Crippen LogP) is 1.83. The summed E-state index contributed by atoms with van der Waals surface area (Å²) in [6, 6.07) is 0.472. The van der Waals surface area contributed by atoms with E-state index in [-0.39, 0.29) is 24.5 Å². The van der Waals surface area contributed by atoms with Crippen LogP contribution in [0.1, 0.15) is 33.6 Å². The van der Waals surface area contributed by atoms with E-state index in [4.69, 9.17) is 0 Å². The van der Waals surface area contributed by atoms with Gasteiger partial charge < -0.3 is 5.32 Å². The maximum atomic E-state index is 10.9. The first-order valence-corrected chi connectivity index (χ1v) is 4.83. The molecule has 84 valence electrons. The fourth-order valence-corrected chi connectivity index (χ4v) is 1.19. The normalized spacial score (nSPS) is 11.7. The van der Waals surface area contributed by atoms with Gasteiger partial charge in [-0.2, -0.15) is 0 Å². The maximum absolute atomic E-state index is 10.9. The van der Waals surface area contributed by atoms with E-state index in [9.17, 15) is 4.79 Å². The third-order valence-electron chi connectivity index (χ3n) is 2.02. The lowest BCUT2D eigenvalue weighted by atomic mass is 10.2. The molecular weight excluding hydrogens is 200 g/mol. The van der Waals surface area contributed by atoms with Gasteiger partial charge in [-0.3, -0.25) is 10.1 Å². The minimum atomic E-state index is -0.133. The van der Waals surface area contributed by atoms with Crippen molar-refractivity contribution in [3.8, 4) is 0 Å². The topological polar surface area (TPSA) is 41.1 Å². The van der Waals surface area contributed by atoms with Crippen molar-refractivity contribution in [1.82, 2.24) is 10.6 Å². The van der Waals surface area contributed by atoms with Crippen LogP contribution in [0.4, 0.5) is 0 Å². The largest absolute Gasteiger partial charge is 0.338 e. The highest BCUT2D eigenvalue weighted by molar-refractivity contribution is 5.87. The van der Waals surface area contributed by atoms with E-state index in [1.807, 2.05) is 6.92 Å². The van der Waals surface area contributed by atoms with Gasteiger partial charge in [0.25, 0.3) is 0 Å². The molecule has 0 fully saturated rings. The fraction of sp³-hybridized carbons (Fsp3) is 0.700. The molecule has 0 saturated carbocycles. The van der Waals surface area contributed by atoms with Gasteiger partial charge in [-0.15, -0.1) is 12.4 Å². The molecule has 0 radical (unpaired) electrons. The number of halogens is 1. The lowest BCUT2D eigenvalue weighted by molar-refractivity contribution is -0.117. The van der Waals surface area contributed by atoms with E-state index < -0.39 is 0 Å². The second kappa shape index (κ2) is 9.03. The molecule has 0 aliphatic heterocycles. The number of nitrogens with one attached hydrogen (secondary N) is 2.